The number of H-pyrrole nitrogens is 1. The van der Waals surface area contributed by atoms with Gasteiger partial charge in [0.1, 0.15) is 5.82 Å². The van der Waals surface area contributed by atoms with Gasteiger partial charge in [0.05, 0.1) is 6.04 Å². The van der Waals surface area contributed by atoms with Gasteiger partial charge < -0.3 is 10.2 Å². The van der Waals surface area contributed by atoms with E-state index in [1.165, 1.54) is 0 Å². The van der Waals surface area contributed by atoms with Crippen molar-refractivity contribution in [3.8, 4) is 0 Å². The second kappa shape index (κ2) is 6.43. The molecule has 1 aliphatic heterocycles. The van der Waals surface area contributed by atoms with E-state index in [2.05, 4.69) is 15.4 Å². The summed E-state index contributed by atoms with van der Waals surface area (Å²) in [5.41, 5.74) is 1.01. The van der Waals surface area contributed by atoms with Gasteiger partial charge in [0.2, 0.25) is 0 Å². The van der Waals surface area contributed by atoms with Gasteiger partial charge in [-0.2, -0.15) is 16.4 Å². The zero-order valence-corrected chi connectivity index (χ0v) is 14.2. The van der Waals surface area contributed by atoms with Gasteiger partial charge in [-0.3, -0.25) is 4.98 Å². The number of nitrogens with one attached hydrogen (secondary N) is 2. The molecule has 2 aromatic heterocycles. The van der Waals surface area contributed by atoms with Crippen LogP contribution >= 0.6 is 11.3 Å². The normalized spacial score (nSPS) is 18.8. The van der Waals surface area contributed by atoms with Crippen LogP contribution in [0.2, 0.25) is 0 Å². The number of hydrogen-bond donors (Lipinski definition) is 2. The minimum Gasteiger partial charge on any atom is -0.334 e. The Kier molecular flexibility index (Phi) is 4.13. The summed E-state index contributed by atoms with van der Waals surface area (Å²) in [7, 11) is 0. The van der Waals surface area contributed by atoms with Gasteiger partial charge in [-0.05, 0) is 48.1 Å². The van der Waals surface area contributed by atoms with Crippen molar-refractivity contribution in [3.05, 3.63) is 38.7 Å². The van der Waals surface area contributed by atoms with Crippen molar-refractivity contribution in [2.45, 2.75) is 44.2 Å². The van der Waals surface area contributed by atoms with Crippen LogP contribution < -0.4 is 11.0 Å². The van der Waals surface area contributed by atoms with Crippen LogP contribution in [0.25, 0.3) is 0 Å². The van der Waals surface area contributed by atoms with Gasteiger partial charge in [-0.15, -0.1) is 0 Å². The summed E-state index contributed by atoms with van der Waals surface area (Å²) in [5, 5.41) is 11.5. The van der Waals surface area contributed by atoms with Crippen molar-refractivity contribution in [3.63, 3.8) is 0 Å². The Labute approximate surface area is 143 Å². The predicted molar refractivity (Wildman–Crippen MR) is 91.2 cm³/mol. The number of aromatic amines is 1. The molecule has 8 heteroatoms. The van der Waals surface area contributed by atoms with Gasteiger partial charge >= 0.3 is 11.7 Å². The third kappa shape index (κ3) is 3.24. The first kappa shape index (κ1) is 15.4. The molecule has 0 spiro atoms. The first-order valence-corrected chi connectivity index (χ1v) is 9.37. The molecule has 24 heavy (non-hydrogen) atoms. The summed E-state index contributed by atoms with van der Waals surface area (Å²) >= 11 is 1.63. The Morgan fingerprint density at radius 3 is 2.79 bits per heavy atom. The lowest BCUT2D eigenvalue weighted by molar-refractivity contribution is 0.167. The number of carbonyl (C=O) groups excluding carboxylic acids is 1. The average Bonchev–Trinajstić information content (AvgIpc) is 3.18. The zero-order chi connectivity index (χ0) is 16.5. The molecule has 0 atom stereocenters. The van der Waals surface area contributed by atoms with Gasteiger partial charge in [-0.25, -0.2) is 14.3 Å². The number of aromatic nitrogens is 3. The Hall–Kier alpha value is -2.09. The number of carbonyl (C=O) groups is 1. The average molecular weight is 347 g/mol. The van der Waals surface area contributed by atoms with E-state index in [9.17, 15) is 9.59 Å². The largest absolute Gasteiger partial charge is 0.343 e. The number of piperidine rings is 1. The quantitative estimate of drug-likeness (QED) is 0.888. The predicted octanol–water partition coefficient (Wildman–Crippen LogP) is 2.06. The van der Waals surface area contributed by atoms with Crippen LogP contribution in [0.5, 0.6) is 0 Å². The highest BCUT2D eigenvalue weighted by Gasteiger charge is 2.30. The van der Waals surface area contributed by atoms with E-state index in [1.807, 2.05) is 21.7 Å². The van der Waals surface area contributed by atoms with E-state index in [4.69, 9.17) is 0 Å². The summed E-state index contributed by atoms with van der Waals surface area (Å²) in [5.74, 6) is 1.28. The van der Waals surface area contributed by atoms with Gasteiger partial charge in [0, 0.05) is 25.6 Å². The lowest BCUT2D eigenvalue weighted by Crippen LogP contribution is -2.45. The van der Waals surface area contributed by atoms with E-state index >= 15 is 0 Å². The monoisotopic (exact) mass is 347 g/mol. The first-order chi connectivity index (χ1) is 11.7. The van der Waals surface area contributed by atoms with Crippen LogP contribution in [0.4, 0.5) is 4.79 Å². The van der Waals surface area contributed by atoms with Crippen LogP contribution in [0, 0.1) is 0 Å². The topological polar surface area (TPSA) is 83.0 Å². The molecule has 128 valence electrons. The molecule has 1 saturated carbocycles. The molecule has 1 saturated heterocycles. The third-order valence-corrected chi connectivity index (χ3v) is 5.48. The Balaban J connectivity index is 1.31. The molecule has 0 radical (unpaired) electrons. The lowest BCUT2D eigenvalue weighted by Gasteiger charge is -2.31. The SMILES string of the molecule is O=C(NCc1ccsc1)N1CCC(n2nc(C3CC3)[nH]c2=O)CC1. The summed E-state index contributed by atoms with van der Waals surface area (Å²) in [4.78, 5) is 29.0. The highest BCUT2D eigenvalue weighted by molar-refractivity contribution is 7.07. The molecule has 4 rings (SSSR count). The molecule has 2 aromatic rings. The van der Waals surface area contributed by atoms with Crippen molar-refractivity contribution in [2.24, 2.45) is 0 Å². The Morgan fingerprint density at radius 2 is 2.12 bits per heavy atom. The number of likely N-dealkylation sites (tertiary alicyclic amines) is 1. The molecule has 1 aliphatic carbocycles. The summed E-state index contributed by atoms with van der Waals surface area (Å²) in [6, 6.07) is 2.06. The van der Waals surface area contributed by atoms with Crippen molar-refractivity contribution in [2.75, 3.05) is 13.1 Å². The second-order valence-corrected chi connectivity index (χ2v) is 7.32. The van der Waals surface area contributed by atoms with Crippen molar-refractivity contribution in [1.29, 1.82) is 0 Å². The van der Waals surface area contributed by atoms with Crippen molar-refractivity contribution < 1.29 is 4.79 Å². The molecule has 2 amide bonds. The minimum atomic E-state index is -0.114. The molecule has 2 N–H and O–H groups in total. The maximum Gasteiger partial charge on any atom is 0.343 e. The zero-order valence-electron chi connectivity index (χ0n) is 13.4. The van der Waals surface area contributed by atoms with E-state index in [1.54, 1.807) is 16.0 Å². The van der Waals surface area contributed by atoms with Crippen LogP contribution in [-0.2, 0) is 6.54 Å². The summed E-state index contributed by atoms with van der Waals surface area (Å²) < 4.78 is 1.59. The standard InChI is InChI=1S/C16H21N5O2S/c22-15(17-9-11-5-8-24-10-11)20-6-3-13(4-7-20)21-16(23)18-14(19-21)12-1-2-12/h5,8,10,12-13H,1-4,6-7,9H2,(H,17,22)(H,18,19,23). The molecule has 0 unspecified atom stereocenters. The first-order valence-electron chi connectivity index (χ1n) is 8.43. The van der Waals surface area contributed by atoms with Gasteiger partial charge in [0.25, 0.3) is 0 Å². The summed E-state index contributed by atoms with van der Waals surface area (Å²) in [6.45, 7) is 1.86. The van der Waals surface area contributed by atoms with Crippen molar-refractivity contribution >= 4 is 17.4 Å². The molecule has 0 bridgehead atoms. The molecule has 0 aromatic carbocycles. The van der Waals surface area contributed by atoms with Crippen LogP contribution in [0.3, 0.4) is 0 Å². The molecule has 2 aliphatic rings. The maximum atomic E-state index is 12.2. The number of rotatable bonds is 4. The van der Waals surface area contributed by atoms with E-state index < -0.39 is 0 Å². The minimum absolute atomic E-state index is 0.0345. The van der Waals surface area contributed by atoms with Crippen LogP contribution in [0.1, 0.15) is 49.0 Å². The highest BCUT2D eigenvalue weighted by Crippen LogP contribution is 2.37. The molecule has 7 nitrogen and oxygen atoms in total. The number of amides is 2. The van der Waals surface area contributed by atoms with Crippen LogP contribution in [-0.4, -0.2) is 38.8 Å². The smallest absolute Gasteiger partial charge is 0.334 e. The summed E-state index contributed by atoms with van der Waals surface area (Å²) in [6.07, 6.45) is 3.77. The fourth-order valence-electron chi connectivity index (χ4n) is 3.14. The lowest BCUT2D eigenvalue weighted by atomic mass is 10.1. The van der Waals surface area contributed by atoms with E-state index in [0.29, 0.717) is 25.6 Å². The molecule has 2 fully saturated rings. The number of thiophene rings is 1. The number of nitrogens with zero attached hydrogens (tertiary/aromatic N) is 3. The van der Waals surface area contributed by atoms with E-state index in [-0.39, 0.29) is 17.8 Å². The van der Waals surface area contributed by atoms with Crippen LogP contribution in [0.15, 0.2) is 21.6 Å². The fraction of sp³-hybridized carbons (Fsp3) is 0.562. The molecule has 3 heterocycles. The van der Waals surface area contributed by atoms with Gasteiger partial charge in [-0.1, -0.05) is 0 Å². The number of urea groups is 1. The van der Waals surface area contributed by atoms with E-state index in [0.717, 1.165) is 37.1 Å². The highest BCUT2D eigenvalue weighted by atomic mass is 32.1. The Morgan fingerprint density at radius 1 is 1.33 bits per heavy atom. The second-order valence-electron chi connectivity index (χ2n) is 6.54. The molecular formula is C16H21N5O2S. The fourth-order valence-corrected chi connectivity index (χ4v) is 3.81. The third-order valence-electron chi connectivity index (χ3n) is 4.74. The number of hydrogen-bond acceptors (Lipinski definition) is 4. The maximum absolute atomic E-state index is 12.2. The Bertz CT molecular complexity index is 754. The van der Waals surface area contributed by atoms with Crippen molar-refractivity contribution in [1.82, 2.24) is 25.0 Å². The van der Waals surface area contributed by atoms with Gasteiger partial charge in [0.15, 0.2) is 0 Å². The molecular weight excluding hydrogens is 326 g/mol.